The van der Waals surface area contributed by atoms with Crippen molar-refractivity contribution in [2.75, 3.05) is 38.1 Å². The van der Waals surface area contributed by atoms with Crippen molar-refractivity contribution in [1.82, 2.24) is 9.88 Å². The molecule has 0 atom stereocenters. The lowest BCUT2D eigenvalue weighted by Crippen LogP contribution is -2.44. The third-order valence-electron chi connectivity index (χ3n) is 2.25. The molecule has 1 aromatic rings. The lowest BCUT2D eigenvalue weighted by atomic mass is 10.3. The molecule has 66 valence electrons. The van der Waals surface area contributed by atoms with E-state index in [1.807, 2.05) is 5.51 Å². The van der Waals surface area contributed by atoms with Gasteiger partial charge in [0.15, 0.2) is 0 Å². The molecule has 1 aliphatic rings. The van der Waals surface area contributed by atoms with E-state index in [4.69, 9.17) is 0 Å². The second kappa shape index (κ2) is 3.41. The Morgan fingerprint density at radius 1 is 1.33 bits per heavy atom. The Balaban J connectivity index is 1.99. The topological polar surface area (TPSA) is 19.4 Å². The van der Waals surface area contributed by atoms with Crippen LogP contribution in [-0.2, 0) is 0 Å². The third kappa shape index (κ3) is 1.59. The van der Waals surface area contributed by atoms with Gasteiger partial charge in [0.05, 0.1) is 5.51 Å². The van der Waals surface area contributed by atoms with E-state index in [1.165, 1.54) is 0 Å². The summed E-state index contributed by atoms with van der Waals surface area (Å²) in [5, 5.41) is 2.12. The highest BCUT2D eigenvalue weighted by molar-refractivity contribution is 7.07. The van der Waals surface area contributed by atoms with Gasteiger partial charge in [0.1, 0.15) is 5.82 Å². The minimum absolute atomic E-state index is 1.11. The van der Waals surface area contributed by atoms with Crippen molar-refractivity contribution in [3.63, 3.8) is 0 Å². The van der Waals surface area contributed by atoms with Crippen LogP contribution >= 0.6 is 11.3 Å². The summed E-state index contributed by atoms with van der Waals surface area (Å²) in [6, 6.07) is 0. The fourth-order valence-electron chi connectivity index (χ4n) is 1.40. The number of piperazine rings is 1. The van der Waals surface area contributed by atoms with Gasteiger partial charge in [0.25, 0.3) is 0 Å². The Morgan fingerprint density at radius 2 is 2.08 bits per heavy atom. The van der Waals surface area contributed by atoms with Crippen LogP contribution < -0.4 is 4.90 Å². The van der Waals surface area contributed by atoms with Crippen LogP contribution in [0, 0.1) is 0 Å². The molecule has 1 saturated heterocycles. The highest BCUT2D eigenvalue weighted by Gasteiger charge is 2.14. The largest absolute Gasteiger partial charge is 0.353 e. The monoisotopic (exact) mass is 183 g/mol. The quantitative estimate of drug-likeness (QED) is 0.644. The summed E-state index contributed by atoms with van der Waals surface area (Å²) in [5.74, 6) is 1.15. The number of aromatic nitrogens is 1. The number of anilines is 1. The van der Waals surface area contributed by atoms with Crippen molar-refractivity contribution in [3.05, 3.63) is 10.9 Å². The van der Waals surface area contributed by atoms with E-state index in [0.717, 1.165) is 32.0 Å². The summed E-state index contributed by atoms with van der Waals surface area (Å²) in [7, 11) is 2.17. The molecule has 2 heterocycles. The van der Waals surface area contributed by atoms with Crippen LogP contribution in [0.1, 0.15) is 0 Å². The molecular formula is C8H13N3S. The zero-order chi connectivity index (χ0) is 8.39. The molecule has 0 bridgehead atoms. The Hall–Kier alpha value is -0.610. The second-order valence-corrected chi connectivity index (χ2v) is 3.86. The molecule has 2 rings (SSSR count). The summed E-state index contributed by atoms with van der Waals surface area (Å²) in [6.45, 7) is 4.52. The normalized spacial score (nSPS) is 19.9. The van der Waals surface area contributed by atoms with E-state index in [9.17, 15) is 0 Å². The first-order valence-corrected chi connectivity index (χ1v) is 5.12. The first kappa shape index (κ1) is 8.01. The highest BCUT2D eigenvalue weighted by Crippen LogP contribution is 2.14. The molecule has 3 nitrogen and oxygen atoms in total. The summed E-state index contributed by atoms with van der Waals surface area (Å²) >= 11 is 1.67. The average Bonchev–Trinajstić information content (AvgIpc) is 2.58. The molecule has 12 heavy (non-hydrogen) atoms. The van der Waals surface area contributed by atoms with Gasteiger partial charge in [-0.15, -0.1) is 11.3 Å². The molecule has 0 saturated carbocycles. The zero-order valence-electron chi connectivity index (χ0n) is 7.23. The van der Waals surface area contributed by atoms with Crippen LogP contribution in [0.5, 0.6) is 0 Å². The van der Waals surface area contributed by atoms with Gasteiger partial charge in [-0.05, 0) is 7.05 Å². The van der Waals surface area contributed by atoms with Crippen molar-refractivity contribution >= 4 is 17.2 Å². The van der Waals surface area contributed by atoms with Crippen LogP contribution in [0.4, 0.5) is 5.82 Å². The van der Waals surface area contributed by atoms with Gasteiger partial charge in [-0.25, -0.2) is 4.98 Å². The molecule has 1 fully saturated rings. The lowest BCUT2D eigenvalue weighted by Gasteiger charge is -2.32. The highest BCUT2D eigenvalue weighted by atomic mass is 32.1. The maximum absolute atomic E-state index is 4.29. The van der Waals surface area contributed by atoms with Crippen LogP contribution in [-0.4, -0.2) is 43.1 Å². The van der Waals surface area contributed by atoms with Crippen molar-refractivity contribution in [2.24, 2.45) is 0 Å². The molecule has 0 aliphatic carbocycles. The molecule has 0 spiro atoms. The lowest BCUT2D eigenvalue weighted by molar-refractivity contribution is 0.312. The van der Waals surface area contributed by atoms with E-state index in [1.54, 1.807) is 11.3 Å². The van der Waals surface area contributed by atoms with Crippen molar-refractivity contribution < 1.29 is 0 Å². The van der Waals surface area contributed by atoms with E-state index >= 15 is 0 Å². The van der Waals surface area contributed by atoms with Gasteiger partial charge in [-0.1, -0.05) is 0 Å². The zero-order valence-corrected chi connectivity index (χ0v) is 8.05. The number of nitrogens with zero attached hydrogens (tertiary/aromatic N) is 3. The fraction of sp³-hybridized carbons (Fsp3) is 0.625. The van der Waals surface area contributed by atoms with Crippen LogP contribution in [0.3, 0.4) is 0 Å². The molecule has 0 radical (unpaired) electrons. The first-order chi connectivity index (χ1) is 5.86. The maximum Gasteiger partial charge on any atom is 0.139 e. The smallest absolute Gasteiger partial charge is 0.139 e. The van der Waals surface area contributed by atoms with Crippen LogP contribution in [0.2, 0.25) is 0 Å². The molecule has 0 unspecified atom stereocenters. The van der Waals surface area contributed by atoms with Gasteiger partial charge >= 0.3 is 0 Å². The Labute approximate surface area is 76.6 Å². The van der Waals surface area contributed by atoms with Crippen molar-refractivity contribution in [2.45, 2.75) is 0 Å². The summed E-state index contributed by atoms with van der Waals surface area (Å²) in [4.78, 5) is 8.98. The number of hydrogen-bond donors (Lipinski definition) is 0. The average molecular weight is 183 g/mol. The Bertz CT molecular complexity index is 226. The molecule has 0 N–H and O–H groups in total. The SMILES string of the molecule is CN1CCN(c2cscn2)CC1. The number of hydrogen-bond acceptors (Lipinski definition) is 4. The number of rotatable bonds is 1. The van der Waals surface area contributed by atoms with E-state index in [2.05, 4.69) is 27.2 Å². The molecule has 1 aliphatic heterocycles. The number of thiazole rings is 1. The standard InChI is InChI=1S/C8H13N3S/c1-10-2-4-11(5-3-10)8-6-12-7-9-8/h6-7H,2-5H2,1H3. The van der Waals surface area contributed by atoms with Gasteiger partial charge < -0.3 is 9.80 Å². The summed E-state index contributed by atoms with van der Waals surface area (Å²) in [6.07, 6.45) is 0. The predicted molar refractivity (Wildman–Crippen MR) is 51.8 cm³/mol. The van der Waals surface area contributed by atoms with Crippen molar-refractivity contribution in [1.29, 1.82) is 0 Å². The minimum Gasteiger partial charge on any atom is -0.353 e. The molecule has 0 amide bonds. The number of likely N-dealkylation sites (N-methyl/N-ethyl adjacent to an activating group) is 1. The summed E-state index contributed by atoms with van der Waals surface area (Å²) < 4.78 is 0. The Morgan fingerprint density at radius 3 is 2.67 bits per heavy atom. The summed E-state index contributed by atoms with van der Waals surface area (Å²) in [5.41, 5.74) is 1.90. The molecule has 0 aromatic carbocycles. The van der Waals surface area contributed by atoms with E-state index in [-0.39, 0.29) is 0 Å². The van der Waals surface area contributed by atoms with Gasteiger partial charge in [0.2, 0.25) is 0 Å². The van der Waals surface area contributed by atoms with Crippen molar-refractivity contribution in [3.8, 4) is 0 Å². The second-order valence-electron chi connectivity index (χ2n) is 3.14. The van der Waals surface area contributed by atoms with Gasteiger partial charge in [-0.2, -0.15) is 0 Å². The van der Waals surface area contributed by atoms with Crippen LogP contribution in [0.15, 0.2) is 10.9 Å². The van der Waals surface area contributed by atoms with E-state index in [0.29, 0.717) is 0 Å². The predicted octanol–water partition coefficient (Wildman–Crippen LogP) is 0.895. The molecule has 4 heteroatoms. The minimum atomic E-state index is 1.11. The van der Waals surface area contributed by atoms with Crippen LogP contribution in [0.25, 0.3) is 0 Å². The first-order valence-electron chi connectivity index (χ1n) is 4.18. The van der Waals surface area contributed by atoms with E-state index < -0.39 is 0 Å². The van der Waals surface area contributed by atoms with Gasteiger partial charge in [0, 0.05) is 31.6 Å². The van der Waals surface area contributed by atoms with Gasteiger partial charge in [-0.3, -0.25) is 0 Å². The Kier molecular flexibility index (Phi) is 2.28. The molecular weight excluding hydrogens is 170 g/mol. The molecule has 1 aromatic heterocycles. The third-order valence-corrected chi connectivity index (χ3v) is 2.82. The fourth-order valence-corrected chi connectivity index (χ4v) is 1.96. The maximum atomic E-state index is 4.29.